The van der Waals surface area contributed by atoms with Crippen molar-refractivity contribution >= 4 is 17.3 Å². The van der Waals surface area contributed by atoms with Crippen molar-refractivity contribution in [3.05, 3.63) is 23.5 Å². The summed E-state index contributed by atoms with van der Waals surface area (Å²) in [4.78, 5) is 6.52. The molecule has 94 valence electrons. The largest absolute Gasteiger partial charge is 0.384 e. The van der Waals surface area contributed by atoms with E-state index in [1.165, 1.54) is 45.3 Å². The minimum absolute atomic E-state index is 0.700. The number of nitrogens with one attached hydrogen (secondary N) is 1. The second-order valence-corrected chi connectivity index (χ2v) is 4.95. The van der Waals surface area contributed by atoms with Crippen molar-refractivity contribution in [2.45, 2.75) is 25.7 Å². The normalized spacial score (nSPS) is 17.0. The first-order valence-electron chi connectivity index (χ1n) is 6.42. The molecule has 1 aromatic rings. The van der Waals surface area contributed by atoms with Gasteiger partial charge in [-0.05, 0) is 45.0 Å². The van der Waals surface area contributed by atoms with E-state index in [2.05, 4.69) is 15.2 Å². The maximum atomic E-state index is 6.02. The zero-order valence-electron chi connectivity index (χ0n) is 10.2. The number of nitrogens with zero attached hydrogens (tertiary/aromatic N) is 2. The quantitative estimate of drug-likeness (QED) is 0.818. The molecular formula is C13H20ClN3. The van der Waals surface area contributed by atoms with Gasteiger partial charge in [-0.3, -0.25) is 4.98 Å². The molecule has 0 amide bonds. The number of likely N-dealkylation sites (tertiary alicyclic amines) is 1. The van der Waals surface area contributed by atoms with Gasteiger partial charge in [-0.2, -0.15) is 0 Å². The number of anilines is 1. The van der Waals surface area contributed by atoms with E-state index < -0.39 is 0 Å². The molecule has 0 spiro atoms. The molecule has 4 heteroatoms. The van der Waals surface area contributed by atoms with Crippen LogP contribution in [0.25, 0.3) is 0 Å². The van der Waals surface area contributed by atoms with Gasteiger partial charge in [-0.15, -0.1) is 0 Å². The summed E-state index contributed by atoms with van der Waals surface area (Å²) >= 11 is 6.02. The molecule has 1 aliphatic heterocycles. The van der Waals surface area contributed by atoms with Crippen LogP contribution >= 0.6 is 11.6 Å². The molecular weight excluding hydrogens is 234 g/mol. The lowest BCUT2D eigenvalue weighted by molar-refractivity contribution is 0.228. The van der Waals surface area contributed by atoms with Crippen molar-refractivity contribution in [1.29, 1.82) is 0 Å². The summed E-state index contributed by atoms with van der Waals surface area (Å²) in [5.74, 6) is 0. The van der Waals surface area contributed by atoms with Gasteiger partial charge in [-0.25, -0.2) is 0 Å². The lowest BCUT2D eigenvalue weighted by atomic mass is 10.1. The summed E-state index contributed by atoms with van der Waals surface area (Å²) in [6.07, 6.45) is 8.74. The molecule has 0 aromatic carbocycles. The van der Waals surface area contributed by atoms with Crippen LogP contribution in [0, 0.1) is 0 Å². The number of rotatable bonds is 5. The summed E-state index contributed by atoms with van der Waals surface area (Å²) in [7, 11) is 0. The standard InChI is InChI=1S/C13H20ClN3/c14-12-11-15-7-5-13(12)16-6-4-10-17-8-2-1-3-9-17/h5,7,11H,1-4,6,8-10H2,(H,15,16). The van der Waals surface area contributed by atoms with Crippen molar-refractivity contribution in [1.82, 2.24) is 9.88 Å². The van der Waals surface area contributed by atoms with Crippen molar-refractivity contribution < 1.29 is 0 Å². The number of halogens is 1. The smallest absolute Gasteiger partial charge is 0.0820 e. The van der Waals surface area contributed by atoms with Gasteiger partial charge in [0.25, 0.3) is 0 Å². The van der Waals surface area contributed by atoms with E-state index in [0.717, 1.165) is 12.2 Å². The number of aromatic nitrogens is 1. The Morgan fingerprint density at radius 3 is 2.88 bits per heavy atom. The Hall–Kier alpha value is -0.800. The number of hydrogen-bond donors (Lipinski definition) is 1. The average Bonchev–Trinajstić information content (AvgIpc) is 2.38. The molecule has 1 N–H and O–H groups in total. The Bertz CT molecular complexity index is 337. The van der Waals surface area contributed by atoms with Crippen LogP contribution < -0.4 is 5.32 Å². The highest BCUT2D eigenvalue weighted by atomic mass is 35.5. The minimum atomic E-state index is 0.700. The number of hydrogen-bond acceptors (Lipinski definition) is 3. The van der Waals surface area contributed by atoms with E-state index in [1.807, 2.05) is 6.07 Å². The van der Waals surface area contributed by atoms with Crippen LogP contribution in [-0.2, 0) is 0 Å². The van der Waals surface area contributed by atoms with Crippen LogP contribution in [0.2, 0.25) is 5.02 Å². The van der Waals surface area contributed by atoms with Gasteiger partial charge in [0.1, 0.15) is 0 Å². The van der Waals surface area contributed by atoms with Gasteiger partial charge in [0.15, 0.2) is 0 Å². The Kier molecular flexibility index (Phi) is 5.08. The minimum Gasteiger partial charge on any atom is -0.384 e. The third-order valence-electron chi connectivity index (χ3n) is 3.19. The zero-order chi connectivity index (χ0) is 11.9. The third-order valence-corrected chi connectivity index (χ3v) is 3.49. The SMILES string of the molecule is Clc1cnccc1NCCCN1CCCCC1. The molecule has 17 heavy (non-hydrogen) atoms. The van der Waals surface area contributed by atoms with E-state index in [-0.39, 0.29) is 0 Å². The van der Waals surface area contributed by atoms with Crippen LogP contribution in [0.4, 0.5) is 5.69 Å². The fourth-order valence-corrected chi connectivity index (χ4v) is 2.41. The molecule has 0 atom stereocenters. The van der Waals surface area contributed by atoms with E-state index in [9.17, 15) is 0 Å². The van der Waals surface area contributed by atoms with Gasteiger partial charge in [0.05, 0.1) is 10.7 Å². The average molecular weight is 254 g/mol. The van der Waals surface area contributed by atoms with Gasteiger partial charge < -0.3 is 10.2 Å². The highest BCUT2D eigenvalue weighted by Crippen LogP contribution is 2.18. The molecule has 0 saturated carbocycles. The van der Waals surface area contributed by atoms with Crippen LogP contribution in [0.5, 0.6) is 0 Å². The monoisotopic (exact) mass is 253 g/mol. The van der Waals surface area contributed by atoms with Crippen molar-refractivity contribution in [2.24, 2.45) is 0 Å². The fraction of sp³-hybridized carbons (Fsp3) is 0.615. The van der Waals surface area contributed by atoms with Gasteiger partial charge in [-0.1, -0.05) is 18.0 Å². The molecule has 2 rings (SSSR count). The second-order valence-electron chi connectivity index (χ2n) is 4.54. The Labute approximate surface area is 108 Å². The maximum Gasteiger partial charge on any atom is 0.0820 e. The molecule has 0 aliphatic carbocycles. The zero-order valence-corrected chi connectivity index (χ0v) is 10.9. The fourth-order valence-electron chi connectivity index (χ4n) is 2.23. The molecule has 1 aromatic heterocycles. The summed E-state index contributed by atoms with van der Waals surface area (Å²) < 4.78 is 0. The lowest BCUT2D eigenvalue weighted by Crippen LogP contribution is -2.31. The third kappa shape index (κ3) is 4.17. The number of pyridine rings is 1. The van der Waals surface area contributed by atoms with Gasteiger partial charge >= 0.3 is 0 Å². The first-order chi connectivity index (χ1) is 8.36. The second kappa shape index (κ2) is 6.82. The summed E-state index contributed by atoms with van der Waals surface area (Å²) in [6.45, 7) is 4.71. The predicted molar refractivity (Wildman–Crippen MR) is 72.6 cm³/mol. The Balaban J connectivity index is 1.64. The molecule has 1 aliphatic rings. The number of piperidine rings is 1. The molecule has 0 radical (unpaired) electrons. The summed E-state index contributed by atoms with van der Waals surface area (Å²) in [6, 6.07) is 1.92. The van der Waals surface area contributed by atoms with Crippen molar-refractivity contribution in [2.75, 3.05) is 31.5 Å². The highest BCUT2D eigenvalue weighted by Gasteiger charge is 2.08. The Morgan fingerprint density at radius 2 is 2.12 bits per heavy atom. The van der Waals surface area contributed by atoms with Crippen molar-refractivity contribution in [3.63, 3.8) is 0 Å². The van der Waals surface area contributed by atoms with Crippen LogP contribution in [0.15, 0.2) is 18.5 Å². The summed E-state index contributed by atoms with van der Waals surface area (Å²) in [5, 5.41) is 4.05. The highest BCUT2D eigenvalue weighted by molar-refractivity contribution is 6.33. The molecule has 0 unspecified atom stereocenters. The summed E-state index contributed by atoms with van der Waals surface area (Å²) in [5.41, 5.74) is 0.986. The first-order valence-corrected chi connectivity index (χ1v) is 6.80. The molecule has 0 bridgehead atoms. The van der Waals surface area contributed by atoms with E-state index >= 15 is 0 Å². The maximum absolute atomic E-state index is 6.02. The Morgan fingerprint density at radius 1 is 1.29 bits per heavy atom. The molecule has 1 fully saturated rings. The van der Waals surface area contributed by atoms with E-state index in [4.69, 9.17) is 11.6 Å². The van der Waals surface area contributed by atoms with Crippen LogP contribution in [0.3, 0.4) is 0 Å². The molecule has 2 heterocycles. The first kappa shape index (κ1) is 12.7. The topological polar surface area (TPSA) is 28.2 Å². The molecule has 1 saturated heterocycles. The lowest BCUT2D eigenvalue weighted by Gasteiger charge is -2.26. The molecule has 3 nitrogen and oxygen atoms in total. The van der Waals surface area contributed by atoms with Gasteiger partial charge in [0.2, 0.25) is 0 Å². The van der Waals surface area contributed by atoms with Crippen molar-refractivity contribution in [3.8, 4) is 0 Å². The van der Waals surface area contributed by atoms with Gasteiger partial charge in [0, 0.05) is 18.9 Å². The van der Waals surface area contributed by atoms with E-state index in [0.29, 0.717) is 5.02 Å². The van der Waals surface area contributed by atoms with Crippen LogP contribution in [-0.4, -0.2) is 36.1 Å². The predicted octanol–water partition coefficient (Wildman–Crippen LogP) is 3.02. The van der Waals surface area contributed by atoms with Crippen LogP contribution in [0.1, 0.15) is 25.7 Å². The van der Waals surface area contributed by atoms with E-state index in [1.54, 1.807) is 12.4 Å².